The molecule has 2 aliphatic rings. The van der Waals surface area contributed by atoms with E-state index < -0.39 is 87.1 Å². The molecule has 1 aliphatic carbocycles. The average molecular weight is 1220 g/mol. The second-order valence-corrected chi connectivity index (χ2v) is 26.7. The number of nitrogens with one attached hydrogen (secondary N) is 3. The number of rotatable bonds is 25. The number of nitrogens with zero attached hydrogens (tertiary/aromatic N) is 1. The summed E-state index contributed by atoms with van der Waals surface area (Å²) < 4.78 is 146. The Morgan fingerprint density at radius 1 is 0.679 bits per heavy atom. The van der Waals surface area contributed by atoms with E-state index in [9.17, 15) is 26.4 Å². The van der Waals surface area contributed by atoms with Gasteiger partial charge >= 0.3 is 5.97 Å². The Hall–Kier alpha value is -6.62. The Kier molecular flexibility index (Phi) is 21.0. The van der Waals surface area contributed by atoms with Crippen LogP contribution in [0.25, 0.3) is 33.4 Å². The van der Waals surface area contributed by atoms with Crippen molar-refractivity contribution in [3.63, 3.8) is 0 Å². The van der Waals surface area contributed by atoms with Crippen LogP contribution in [0.3, 0.4) is 0 Å². The van der Waals surface area contributed by atoms with Crippen molar-refractivity contribution in [1.82, 2.24) is 9.44 Å². The van der Waals surface area contributed by atoms with E-state index in [2.05, 4.69) is 78.2 Å². The molecule has 0 radical (unpaired) electrons. The number of ether oxygens (including phenoxy) is 3. The number of amides is 1. The number of carbonyl (C=O) groups excluding carboxylic acids is 2. The van der Waals surface area contributed by atoms with Crippen LogP contribution >= 0.6 is 11.8 Å². The molecule has 1 heterocycles. The fourth-order valence-electron chi connectivity index (χ4n) is 9.41. The van der Waals surface area contributed by atoms with Gasteiger partial charge in [-0.1, -0.05) is 131 Å². The van der Waals surface area contributed by atoms with Crippen LogP contribution in [0, 0.1) is 28.7 Å². The number of sulfonamides is 2. The number of fused-ring (bicyclic) bond motifs is 2. The number of hydrogen-bond donors (Lipinski definition) is 3. The zero-order valence-electron chi connectivity index (χ0n) is 49.1. The van der Waals surface area contributed by atoms with Gasteiger partial charge in [0.1, 0.15) is 24.0 Å². The topological polar surface area (TPSA) is 192 Å². The van der Waals surface area contributed by atoms with Crippen molar-refractivity contribution in [3.8, 4) is 22.5 Å². The van der Waals surface area contributed by atoms with Gasteiger partial charge in [-0.25, -0.2) is 44.2 Å². The van der Waals surface area contributed by atoms with Gasteiger partial charge in [-0.2, -0.15) is 0 Å². The van der Waals surface area contributed by atoms with Crippen LogP contribution in [0.2, 0.25) is 0 Å². The van der Waals surface area contributed by atoms with E-state index in [4.69, 9.17) is 23.6 Å². The number of esters is 1. The van der Waals surface area contributed by atoms with Gasteiger partial charge in [0.05, 0.1) is 40.7 Å². The lowest BCUT2D eigenvalue weighted by molar-refractivity contribution is -0.149. The molecule has 1 atom stereocenters. The summed E-state index contributed by atoms with van der Waals surface area (Å²) in [7, 11) is -10.1. The van der Waals surface area contributed by atoms with E-state index in [1.165, 1.54) is 29.4 Å². The van der Waals surface area contributed by atoms with Crippen LogP contribution in [0.15, 0.2) is 121 Å². The van der Waals surface area contributed by atoms with Gasteiger partial charge in [0.25, 0.3) is 20.0 Å². The van der Waals surface area contributed by atoms with E-state index in [0.29, 0.717) is 28.4 Å². The van der Waals surface area contributed by atoms with Crippen molar-refractivity contribution >= 4 is 71.7 Å². The standard InChI is InChI=1S/C63H72F4N4O10S3/c1-13-63(10,11)62(73)70-48(61(72)80-31-30-79-29-28-78-12)34-82-59-53(64)55(66)60(56(67)54(59)65)84(76,77)71-83(74,75)51-23-15-14-18-47(51)52-45-26-24-39(68-57-41(35(2)3)19-16-20-42(57)36(4)5)32-49(45)81-50-33-40(25-27-46(50)52)69-58-43(37(6)7)21-17-22-44(58)38(8)9/h14-27,32-33,35-38,48,68,71H,13,28-31,34H2,1-12H3,(H,70,73)/b69-40+. The summed E-state index contributed by atoms with van der Waals surface area (Å²) in [5.41, 5.74) is 6.31. The minimum Gasteiger partial charge on any atom is -0.462 e. The molecule has 3 N–H and O–H groups in total. The van der Waals surface area contributed by atoms with Gasteiger partial charge in [0.2, 0.25) is 5.91 Å². The summed E-state index contributed by atoms with van der Waals surface area (Å²) in [6.45, 7) is 21.6. The predicted octanol–water partition coefficient (Wildman–Crippen LogP) is 14.1. The molecule has 0 spiro atoms. The van der Waals surface area contributed by atoms with Crippen LogP contribution in [0.1, 0.15) is 129 Å². The molecule has 1 unspecified atom stereocenters. The first-order valence-corrected chi connectivity index (χ1v) is 31.6. The van der Waals surface area contributed by atoms with Crippen molar-refractivity contribution in [2.75, 3.05) is 44.6 Å². The number of para-hydroxylation sites is 2. The van der Waals surface area contributed by atoms with Gasteiger partial charge in [-0.15, -0.1) is 15.9 Å². The second-order valence-electron chi connectivity index (χ2n) is 22.2. The molecule has 21 heteroatoms. The molecule has 0 saturated carbocycles. The lowest BCUT2D eigenvalue weighted by Gasteiger charge is -2.25. The molecule has 14 nitrogen and oxygen atoms in total. The number of halogens is 4. The van der Waals surface area contributed by atoms with Gasteiger partial charge < -0.3 is 29.3 Å². The molecule has 1 amide bonds. The largest absolute Gasteiger partial charge is 0.462 e. The minimum absolute atomic E-state index is 0.0437. The van der Waals surface area contributed by atoms with Gasteiger partial charge in [-0.3, -0.25) is 4.79 Å². The molecule has 5 aromatic carbocycles. The molecule has 1 aliphatic heterocycles. The first-order valence-electron chi connectivity index (χ1n) is 27.6. The van der Waals surface area contributed by atoms with E-state index in [-0.39, 0.29) is 84.3 Å². The molecule has 0 fully saturated rings. The van der Waals surface area contributed by atoms with Crippen LogP contribution in [-0.4, -0.2) is 74.0 Å². The average Bonchev–Trinajstić information content (AvgIpc) is 2.42. The van der Waals surface area contributed by atoms with E-state index in [1.807, 2.05) is 24.3 Å². The summed E-state index contributed by atoms with van der Waals surface area (Å²) in [4.78, 5) is 27.2. The predicted molar refractivity (Wildman–Crippen MR) is 320 cm³/mol. The van der Waals surface area contributed by atoms with Crippen molar-refractivity contribution in [3.05, 3.63) is 148 Å². The normalized spacial score (nSPS) is 13.0. The first-order chi connectivity index (χ1) is 39.6. The minimum atomic E-state index is -6.05. The Labute approximate surface area is 493 Å². The van der Waals surface area contributed by atoms with Crippen LogP contribution < -0.4 is 20.1 Å². The fourth-order valence-corrected chi connectivity index (χ4v) is 13.6. The highest BCUT2D eigenvalue weighted by Gasteiger charge is 2.39. The van der Waals surface area contributed by atoms with Crippen molar-refractivity contribution < 1.29 is 62.6 Å². The van der Waals surface area contributed by atoms with E-state index in [0.717, 1.165) is 39.7 Å². The maximum Gasteiger partial charge on any atom is 0.329 e. The van der Waals surface area contributed by atoms with E-state index >= 15 is 17.6 Å². The molecule has 0 aromatic heterocycles. The summed E-state index contributed by atoms with van der Waals surface area (Å²) in [5, 5.41) is 6.95. The zero-order valence-corrected chi connectivity index (χ0v) is 51.6. The second kappa shape index (κ2) is 27.2. The van der Waals surface area contributed by atoms with Crippen molar-refractivity contribution in [1.29, 1.82) is 0 Å². The van der Waals surface area contributed by atoms with Crippen LogP contribution in [0.5, 0.6) is 0 Å². The summed E-state index contributed by atoms with van der Waals surface area (Å²) in [6, 6.07) is 26.3. The highest BCUT2D eigenvalue weighted by Crippen LogP contribution is 2.45. The van der Waals surface area contributed by atoms with Crippen molar-refractivity contribution in [2.45, 2.75) is 127 Å². The van der Waals surface area contributed by atoms with Crippen molar-refractivity contribution in [2.24, 2.45) is 10.4 Å². The third kappa shape index (κ3) is 14.4. The molecule has 5 aromatic rings. The monoisotopic (exact) mass is 1220 g/mol. The Balaban J connectivity index is 1.32. The highest BCUT2D eigenvalue weighted by atomic mass is 32.3. The van der Waals surface area contributed by atoms with Crippen LogP contribution in [-0.2, 0) is 43.8 Å². The Bertz CT molecular complexity index is 3770. The molecule has 84 heavy (non-hydrogen) atoms. The number of anilines is 2. The maximum absolute atomic E-state index is 16.2. The molecular formula is C63H72F4N4O10S3. The third-order valence-electron chi connectivity index (χ3n) is 14.4. The molecule has 0 bridgehead atoms. The molecule has 450 valence electrons. The molecular weight excluding hydrogens is 1140 g/mol. The van der Waals surface area contributed by atoms with Crippen LogP contribution in [0.4, 0.5) is 34.6 Å². The summed E-state index contributed by atoms with van der Waals surface area (Å²) >= 11 is 0.0437. The number of carbonyl (C=O) groups is 2. The summed E-state index contributed by atoms with van der Waals surface area (Å²) in [5.74, 6) is -11.0. The molecule has 7 rings (SSSR count). The summed E-state index contributed by atoms with van der Waals surface area (Å²) in [6.07, 6.45) is 0.307. The van der Waals surface area contributed by atoms with Gasteiger partial charge in [0, 0.05) is 63.9 Å². The molecule has 0 saturated heterocycles. The Morgan fingerprint density at radius 2 is 1.26 bits per heavy atom. The number of thioether (sulfide) groups is 1. The number of hydrogen-bond acceptors (Lipinski definition) is 13. The lowest BCUT2D eigenvalue weighted by Crippen LogP contribution is -2.48. The quantitative estimate of drug-likeness (QED) is 0.0123. The SMILES string of the molecule is CCC(C)(C)C(=O)NC(CSc1c(F)c(F)c(S(=O)(=O)NS(=O)(=O)c2ccccc2-c2c3cc/c(=N\c4c(C(C)C)cccc4C(C)C)cc-3oc3cc(Nc4c(C(C)C)cccc4C(C)C)ccc23)c(F)c1F)C(=O)OCCOCCOC. The van der Waals surface area contributed by atoms with Gasteiger partial charge in [0.15, 0.2) is 28.2 Å². The number of methoxy groups -OCH3 is 1. The highest BCUT2D eigenvalue weighted by molar-refractivity contribution is 8.04. The zero-order chi connectivity index (χ0) is 61.6. The fraction of sp³-hybridized carbons (Fsp3) is 0.381. The Morgan fingerprint density at radius 3 is 1.85 bits per heavy atom. The van der Waals surface area contributed by atoms with Gasteiger partial charge in [-0.05, 0) is 82.7 Å². The third-order valence-corrected chi connectivity index (χ3v) is 19.2. The first kappa shape index (κ1) is 64.9. The van der Waals surface area contributed by atoms with E-state index in [1.54, 1.807) is 57.2 Å². The maximum atomic E-state index is 16.2. The number of benzene rings is 6. The lowest BCUT2D eigenvalue weighted by atomic mass is 9.89. The smallest absolute Gasteiger partial charge is 0.329 e.